The van der Waals surface area contributed by atoms with Crippen molar-refractivity contribution < 1.29 is 4.42 Å². The number of anilines is 1. The molecule has 0 aliphatic rings. The third kappa shape index (κ3) is 1.39. The van der Waals surface area contributed by atoms with Crippen LogP contribution in [0.4, 0.5) is 6.01 Å². The maximum Gasteiger partial charge on any atom is 0.349 e. The molecule has 14 heavy (non-hydrogen) atoms. The van der Waals surface area contributed by atoms with Crippen molar-refractivity contribution in [3.8, 4) is 0 Å². The van der Waals surface area contributed by atoms with Crippen LogP contribution in [0.3, 0.4) is 0 Å². The van der Waals surface area contributed by atoms with E-state index < -0.39 is 0 Å². The molecule has 0 unspecified atom stereocenters. The van der Waals surface area contributed by atoms with Gasteiger partial charge in [0.05, 0.1) is 5.39 Å². The van der Waals surface area contributed by atoms with Crippen LogP contribution in [0.5, 0.6) is 0 Å². The van der Waals surface area contributed by atoms with Gasteiger partial charge in [-0.2, -0.15) is 4.98 Å². The summed E-state index contributed by atoms with van der Waals surface area (Å²) >= 11 is 1.46. The normalized spacial score (nSPS) is 10.7. The average Bonchev–Trinajstić information content (AvgIpc) is 2.48. The molecule has 74 valence electrons. The van der Waals surface area contributed by atoms with Gasteiger partial charge in [-0.15, -0.1) is 11.3 Å². The summed E-state index contributed by atoms with van der Waals surface area (Å²) in [6, 6.07) is 0.298. The first kappa shape index (κ1) is 9.21. The molecule has 2 rings (SSSR count). The molecule has 2 aromatic heterocycles. The monoisotopic (exact) mass is 210 g/mol. The largest absolute Gasteiger partial charge is 0.389 e. The Kier molecular flexibility index (Phi) is 2.25. The third-order valence-electron chi connectivity index (χ3n) is 1.88. The highest BCUT2D eigenvalue weighted by Gasteiger charge is 2.09. The van der Waals surface area contributed by atoms with Crippen LogP contribution < -0.4 is 10.9 Å². The molecule has 0 atom stereocenters. The molecule has 4 nitrogen and oxygen atoms in total. The van der Waals surface area contributed by atoms with Crippen molar-refractivity contribution in [1.82, 2.24) is 4.98 Å². The van der Waals surface area contributed by atoms with Gasteiger partial charge in [0.2, 0.25) is 0 Å². The Labute approximate surface area is 84.6 Å². The van der Waals surface area contributed by atoms with E-state index in [4.69, 9.17) is 4.42 Å². The predicted molar refractivity (Wildman–Crippen MR) is 57.1 cm³/mol. The van der Waals surface area contributed by atoms with Crippen LogP contribution in [0.15, 0.2) is 14.6 Å². The van der Waals surface area contributed by atoms with Crippen LogP contribution in [0.1, 0.15) is 12.5 Å². The van der Waals surface area contributed by atoms with Gasteiger partial charge in [-0.1, -0.05) is 0 Å². The maximum absolute atomic E-state index is 11.5. The van der Waals surface area contributed by atoms with E-state index >= 15 is 0 Å². The Balaban J connectivity index is 2.68. The topological polar surface area (TPSA) is 55.1 Å². The van der Waals surface area contributed by atoms with Crippen molar-refractivity contribution in [3.63, 3.8) is 0 Å². The Morgan fingerprint density at radius 1 is 1.64 bits per heavy atom. The van der Waals surface area contributed by atoms with Gasteiger partial charge in [0.1, 0.15) is 4.83 Å². The van der Waals surface area contributed by atoms with E-state index in [1.54, 1.807) is 0 Å². The van der Waals surface area contributed by atoms with E-state index in [0.717, 1.165) is 10.4 Å². The minimum absolute atomic E-state index is 0.298. The molecule has 0 fully saturated rings. The second kappa shape index (κ2) is 3.42. The zero-order valence-electron chi connectivity index (χ0n) is 7.96. The lowest BCUT2D eigenvalue weighted by molar-refractivity contribution is 0.518. The fraction of sp³-hybridized carbons (Fsp3) is 0.333. The third-order valence-corrected chi connectivity index (χ3v) is 2.87. The molecule has 2 aromatic rings. The van der Waals surface area contributed by atoms with E-state index in [9.17, 15) is 4.79 Å². The smallest absolute Gasteiger partial charge is 0.349 e. The van der Waals surface area contributed by atoms with Gasteiger partial charge in [0.15, 0.2) is 0 Å². The number of hydrogen-bond acceptors (Lipinski definition) is 5. The second-order valence-corrected chi connectivity index (χ2v) is 3.79. The number of fused-ring (bicyclic) bond motifs is 1. The molecule has 0 spiro atoms. The van der Waals surface area contributed by atoms with Crippen LogP contribution in [-0.4, -0.2) is 11.5 Å². The molecule has 1 N–H and O–H groups in total. The Hall–Kier alpha value is -1.36. The summed E-state index contributed by atoms with van der Waals surface area (Å²) in [4.78, 5) is 16.4. The zero-order valence-corrected chi connectivity index (χ0v) is 8.77. The number of thiophene rings is 1. The minimum Gasteiger partial charge on any atom is -0.389 e. The van der Waals surface area contributed by atoms with Crippen molar-refractivity contribution in [3.05, 3.63) is 21.4 Å². The van der Waals surface area contributed by atoms with Crippen molar-refractivity contribution in [2.75, 3.05) is 11.9 Å². The lowest BCUT2D eigenvalue weighted by atomic mass is 10.3. The lowest BCUT2D eigenvalue weighted by Crippen LogP contribution is -2.06. The molecule has 0 saturated carbocycles. The summed E-state index contributed by atoms with van der Waals surface area (Å²) in [6.45, 7) is 4.49. The number of hydrogen-bond donors (Lipinski definition) is 1. The first-order chi connectivity index (χ1) is 6.72. The van der Waals surface area contributed by atoms with Crippen molar-refractivity contribution >= 4 is 27.6 Å². The van der Waals surface area contributed by atoms with E-state index in [1.165, 1.54) is 11.3 Å². The molecular weight excluding hydrogens is 200 g/mol. The lowest BCUT2D eigenvalue weighted by Gasteiger charge is -1.98. The Morgan fingerprint density at radius 2 is 2.43 bits per heavy atom. The van der Waals surface area contributed by atoms with E-state index in [2.05, 4.69) is 10.3 Å². The SMILES string of the molecule is CCNc1nc2scc(C)c2c(=O)o1. The van der Waals surface area contributed by atoms with Crippen LogP contribution in [0, 0.1) is 6.92 Å². The Bertz CT molecular complexity index is 515. The van der Waals surface area contributed by atoms with Gasteiger partial charge in [-0.3, -0.25) is 0 Å². The van der Waals surface area contributed by atoms with E-state index in [-0.39, 0.29) is 5.63 Å². The number of nitrogens with one attached hydrogen (secondary N) is 1. The van der Waals surface area contributed by atoms with Crippen molar-refractivity contribution in [2.24, 2.45) is 0 Å². The van der Waals surface area contributed by atoms with Crippen LogP contribution in [0.25, 0.3) is 10.2 Å². The molecular formula is C9H10N2O2S. The van der Waals surface area contributed by atoms with Crippen LogP contribution in [-0.2, 0) is 0 Å². The van der Waals surface area contributed by atoms with Gasteiger partial charge in [-0.05, 0) is 24.8 Å². The summed E-state index contributed by atoms with van der Waals surface area (Å²) in [6.07, 6.45) is 0. The highest BCUT2D eigenvalue weighted by Crippen LogP contribution is 2.21. The number of aryl methyl sites for hydroxylation is 1. The fourth-order valence-electron chi connectivity index (χ4n) is 1.24. The summed E-state index contributed by atoms with van der Waals surface area (Å²) in [5.74, 6) is 0. The predicted octanol–water partition coefficient (Wildman–Crippen LogP) is 1.99. The van der Waals surface area contributed by atoms with Crippen LogP contribution >= 0.6 is 11.3 Å². The minimum atomic E-state index is -0.315. The summed E-state index contributed by atoms with van der Waals surface area (Å²) < 4.78 is 5.00. The number of aromatic nitrogens is 1. The molecule has 0 radical (unpaired) electrons. The molecule has 0 aliphatic carbocycles. The second-order valence-electron chi connectivity index (χ2n) is 2.94. The Morgan fingerprint density at radius 3 is 3.14 bits per heavy atom. The molecule has 0 bridgehead atoms. The number of rotatable bonds is 2. The molecule has 0 saturated heterocycles. The summed E-state index contributed by atoms with van der Waals surface area (Å²) in [5.41, 5.74) is 0.610. The van der Waals surface area contributed by atoms with Crippen LogP contribution in [0.2, 0.25) is 0 Å². The van der Waals surface area contributed by atoms with Gasteiger partial charge in [0, 0.05) is 6.54 Å². The maximum atomic E-state index is 11.5. The standard InChI is InChI=1S/C9H10N2O2S/c1-3-10-9-11-7-6(8(12)13-9)5(2)4-14-7/h4H,3H2,1-2H3,(H,10,11). The fourth-order valence-corrected chi connectivity index (χ4v) is 2.15. The van der Waals surface area contributed by atoms with E-state index in [1.807, 2.05) is 19.2 Å². The zero-order chi connectivity index (χ0) is 10.1. The summed E-state index contributed by atoms with van der Waals surface area (Å²) in [5, 5.41) is 5.38. The van der Waals surface area contributed by atoms with Crippen molar-refractivity contribution in [2.45, 2.75) is 13.8 Å². The van der Waals surface area contributed by atoms with Crippen molar-refractivity contribution in [1.29, 1.82) is 0 Å². The van der Waals surface area contributed by atoms with Gasteiger partial charge in [0.25, 0.3) is 6.01 Å². The highest BCUT2D eigenvalue weighted by molar-refractivity contribution is 7.16. The molecule has 0 aliphatic heterocycles. The first-order valence-corrected chi connectivity index (χ1v) is 5.23. The molecule has 2 heterocycles. The average molecular weight is 210 g/mol. The number of nitrogens with zero attached hydrogens (tertiary/aromatic N) is 1. The summed E-state index contributed by atoms with van der Waals surface area (Å²) in [7, 11) is 0. The first-order valence-electron chi connectivity index (χ1n) is 4.35. The van der Waals surface area contributed by atoms with Gasteiger partial charge < -0.3 is 9.73 Å². The van der Waals surface area contributed by atoms with Gasteiger partial charge >= 0.3 is 5.63 Å². The molecule has 5 heteroatoms. The highest BCUT2D eigenvalue weighted by atomic mass is 32.1. The quantitative estimate of drug-likeness (QED) is 0.823. The van der Waals surface area contributed by atoms with E-state index in [0.29, 0.717) is 17.9 Å². The molecule has 0 amide bonds. The van der Waals surface area contributed by atoms with Gasteiger partial charge in [-0.25, -0.2) is 4.79 Å². The molecule has 0 aromatic carbocycles.